The number of aliphatic carboxylic acids is 1. The second-order valence-corrected chi connectivity index (χ2v) is 3.96. The molecule has 1 atom stereocenters. The van der Waals surface area contributed by atoms with Crippen molar-refractivity contribution in [3.05, 3.63) is 38.9 Å². The van der Waals surface area contributed by atoms with E-state index in [1.54, 1.807) is 0 Å². The van der Waals surface area contributed by atoms with Crippen molar-refractivity contribution in [2.45, 2.75) is 18.5 Å². The molecule has 0 heterocycles. The van der Waals surface area contributed by atoms with Crippen LogP contribution in [0.1, 0.15) is 22.8 Å². The first-order chi connectivity index (χ1) is 9.76. The van der Waals surface area contributed by atoms with Crippen LogP contribution in [0.2, 0.25) is 0 Å². The first-order valence-electron chi connectivity index (χ1n) is 5.14. The summed E-state index contributed by atoms with van der Waals surface area (Å²) < 4.78 is 75.9. The van der Waals surface area contributed by atoms with Gasteiger partial charge >= 0.3 is 18.3 Å². The van der Waals surface area contributed by atoms with Crippen LogP contribution in [-0.2, 0) is 17.1 Å². The molecule has 22 heavy (non-hydrogen) atoms. The van der Waals surface area contributed by atoms with Crippen LogP contribution in [0.4, 0.5) is 32.0 Å². The molecule has 1 unspecified atom stereocenters. The molecule has 0 fully saturated rings. The molecule has 122 valence electrons. The third kappa shape index (κ3) is 3.44. The van der Waals surface area contributed by atoms with Gasteiger partial charge in [0, 0.05) is 0 Å². The summed E-state index contributed by atoms with van der Waals surface area (Å²) in [6, 6.07) is -0.720. The Morgan fingerprint density at radius 3 is 1.95 bits per heavy atom. The van der Waals surface area contributed by atoms with Crippen LogP contribution in [0, 0.1) is 10.1 Å². The van der Waals surface area contributed by atoms with Gasteiger partial charge in [-0.05, 0) is 12.1 Å². The zero-order valence-electron chi connectivity index (χ0n) is 10.1. The highest BCUT2D eigenvalue weighted by atomic mass is 19.4. The molecule has 0 aliphatic heterocycles. The molecular weight excluding hydrogens is 328 g/mol. The predicted octanol–water partition coefficient (Wildman–Crippen LogP) is 2.75. The highest BCUT2D eigenvalue weighted by Gasteiger charge is 2.45. The second-order valence-electron chi connectivity index (χ2n) is 3.96. The molecule has 0 aliphatic rings. The number of nitro benzene ring substituents is 1. The average molecular weight is 333 g/mol. The molecule has 0 amide bonds. The molecule has 1 aromatic rings. The van der Waals surface area contributed by atoms with Gasteiger partial charge in [-0.3, -0.25) is 10.1 Å². The van der Waals surface area contributed by atoms with Crippen LogP contribution in [-0.4, -0.2) is 21.1 Å². The Hall–Kier alpha value is -2.37. The summed E-state index contributed by atoms with van der Waals surface area (Å²) in [4.78, 5) is 19.6. The van der Waals surface area contributed by atoms with Crippen LogP contribution in [0.25, 0.3) is 0 Å². The summed E-state index contributed by atoms with van der Waals surface area (Å²) in [5, 5.41) is 28.4. The minimum Gasteiger partial charge on any atom is -0.479 e. The van der Waals surface area contributed by atoms with Gasteiger partial charge in [0.25, 0.3) is 5.69 Å². The summed E-state index contributed by atoms with van der Waals surface area (Å²) in [5.41, 5.74) is -7.83. The molecule has 2 N–H and O–H groups in total. The molecular formula is C10H5F6NO5. The molecule has 12 heteroatoms. The largest absolute Gasteiger partial charge is 0.479 e. The van der Waals surface area contributed by atoms with E-state index in [9.17, 15) is 41.3 Å². The second kappa shape index (κ2) is 5.44. The Balaban J connectivity index is 3.86. The molecule has 0 bridgehead atoms. The van der Waals surface area contributed by atoms with E-state index >= 15 is 0 Å². The van der Waals surface area contributed by atoms with Gasteiger partial charge < -0.3 is 10.2 Å². The van der Waals surface area contributed by atoms with Gasteiger partial charge in [-0.1, -0.05) is 0 Å². The number of hydrogen-bond donors (Lipinski definition) is 2. The van der Waals surface area contributed by atoms with Gasteiger partial charge in [0.2, 0.25) is 0 Å². The Morgan fingerprint density at radius 1 is 1.14 bits per heavy atom. The third-order valence-electron chi connectivity index (χ3n) is 2.48. The van der Waals surface area contributed by atoms with Crippen molar-refractivity contribution in [2.75, 3.05) is 0 Å². The van der Waals surface area contributed by atoms with Crippen LogP contribution < -0.4 is 0 Å². The lowest BCUT2D eigenvalue weighted by Crippen LogP contribution is -2.19. The standard InChI is InChI=1S/C10H5F6NO5/c11-9(12,13)3-1-4(7(18)8(19)20)6(17(21)22)5(2-3)10(14,15)16/h1-2,7,18H,(H,19,20). The molecule has 0 spiro atoms. The van der Waals surface area contributed by atoms with E-state index in [4.69, 9.17) is 10.2 Å². The van der Waals surface area contributed by atoms with Gasteiger partial charge in [-0.25, -0.2) is 4.79 Å². The van der Waals surface area contributed by atoms with Crippen LogP contribution in [0.5, 0.6) is 0 Å². The summed E-state index contributed by atoms with van der Waals surface area (Å²) >= 11 is 0. The Morgan fingerprint density at radius 2 is 1.64 bits per heavy atom. The number of aliphatic hydroxyl groups excluding tert-OH is 1. The topological polar surface area (TPSA) is 101 Å². The molecule has 0 radical (unpaired) electrons. The summed E-state index contributed by atoms with van der Waals surface area (Å²) in [6.45, 7) is 0. The monoisotopic (exact) mass is 333 g/mol. The number of carbonyl (C=O) groups is 1. The van der Waals surface area contributed by atoms with Crippen LogP contribution in [0.3, 0.4) is 0 Å². The maximum Gasteiger partial charge on any atom is 0.423 e. The fourth-order valence-corrected chi connectivity index (χ4v) is 1.58. The number of carboxylic acids is 1. The lowest BCUT2D eigenvalue weighted by molar-refractivity contribution is -0.389. The Kier molecular flexibility index (Phi) is 4.37. The minimum absolute atomic E-state index is 0.202. The smallest absolute Gasteiger partial charge is 0.423 e. The van der Waals surface area contributed by atoms with Crippen molar-refractivity contribution in [1.29, 1.82) is 0 Å². The zero-order chi connectivity index (χ0) is 17.5. The van der Waals surface area contributed by atoms with E-state index in [1.807, 2.05) is 0 Å². The number of hydrogen-bond acceptors (Lipinski definition) is 4. The number of carboxylic acid groups (broad SMARTS) is 1. The lowest BCUT2D eigenvalue weighted by Gasteiger charge is -2.16. The quantitative estimate of drug-likeness (QED) is 0.503. The van der Waals surface area contributed by atoms with Gasteiger partial charge in [-0.2, -0.15) is 26.3 Å². The van der Waals surface area contributed by atoms with Crippen molar-refractivity contribution in [2.24, 2.45) is 0 Å². The van der Waals surface area contributed by atoms with Crippen molar-refractivity contribution in [3.63, 3.8) is 0 Å². The number of rotatable bonds is 3. The van der Waals surface area contributed by atoms with Gasteiger partial charge in [0.05, 0.1) is 16.1 Å². The molecule has 1 rings (SSSR count). The fraction of sp³-hybridized carbons (Fsp3) is 0.300. The number of aliphatic hydroxyl groups is 1. The van der Waals surface area contributed by atoms with Gasteiger partial charge in [0.15, 0.2) is 6.10 Å². The van der Waals surface area contributed by atoms with Crippen molar-refractivity contribution < 1.29 is 46.3 Å². The molecule has 0 aliphatic carbocycles. The highest BCUT2D eigenvalue weighted by Crippen LogP contribution is 2.43. The van der Waals surface area contributed by atoms with Gasteiger partial charge in [-0.15, -0.1) is 0 Å². The van der Waals surface area contributed by atoms with E-state index in [-0.39, 0.29) is 6.07 Å². The molecule has 0 saturated heterocycles. The first-order valence-corrected chi connectivity index (χ1v) is 5.14. The molecule has 0 aromatic heterocycles. The van der Waals surface area contributed by atoms with E-state index in [1.165, 1.54) is 0 Å². The molecule has 1 aromatic carbocycles. The lowest BCUT2D eigenvalue weighted by atomic mass is 9.98. The highest BCUT2D eigenvalue weighted by molar-refractivity contribution is 5.76. The fourth-order valence-electron chi connectivity index (χ4n) is 1.58. The van der Waals surface area contributed by atoms with Crippen molar-refractivity contribution in [3.8, 4) is 0 Å². The SMILES string of the molecule is O=C(O)C(O)c1cc(C(F)(F)F)cc(C(F)(F)F)c1[N+](=O)[O-]. The number of nitrogens with zero attached hydrogens (tertiary/aromatic N) is 1. The number of nitro groups is 1. The van der Waals surface area contributed by atoms with E-state index < -0.39 is 57.8 Å². The van der Waals surface area contributed by atoms with E-state index in [2.05, 4.69) is 0 Å². The first kappa shape index (κ1) is 17.7. The molecule has 0 saturated carbocycles. The van der Waals surface area contributed by atoms with Crippen molar-refractivity contribution in [1.82, 2.24) is 0 Å². The third-order valence-corrected chi connectivity index (χ3v) is 2.48. The van der Waals surface area contributed by atoms with E-state index in [0.717, 1.165) is 0 Å². The maximum atomic E-state index is 12.7. The number of alkyl halides is 6. The number of halogens is 6. The average Bonchev–Trinajstić information content (AvgIpc) is 2.33. The Bertz CT molecular complexity index is 623. The van der Waals surface area contributed by atoms with Gasteiger partial charge in [0.1, 0.15) is 5.56 Å². The predicted molar refractivity (Wildman–Crippen MR) is 55.7 cm³/mol. The number of benzene rings is 1. The Labute approximate surface area is 116 Å². The summed E-state index contributed by atoms with van der Waals surface area (Å²) in [6.07, 6.45) is -13.8. The summed E-state index contributed by atoms with van der Waals surface area (Å²) in [7, 11) is 0. The maximum absolute atomic E-state index is 12.7. The van der Waals surface area contributed by atoms with E-state index in [0.29, 0.717) is 0 Å². The molecule has 6 nitrogen and oxygen atoms in total. The van der Waals surface area contributed by atoms with Crippen molar-refractivity contribution >= 4 is 11.7 Å². The van der Waals surface area contributed by atoms with Crippen LogP contribution in [0.15, 0.2) is 12.1 Å². The van der Waals surface area contributed by atoms with Crippen LogP contribution >= 0.6 is 0 Å². The zero-order valence-corrected chi connectivity index (χ0v) is 10.1. The normalized spacial score (nSPS) is 13.8. The summed E-state index contributed by atoms with van der Waals surface area (Å²) in [5.74, 6) is -2.24. The minimum atomic E-state index is -5.56.